The van der Waals surface area contributed by atoms with Gasteiger partial charge in [0.2, 0.25) is 0 Å². The Morgan fingerprint density at radius 3 is 2.64 bits per heavy atom. The molecule has 0 heterocycles. The van der Waals surface area contributed by atoms with E-state index >= 15 is 0 Å². The molecule has 3 nitrogen and oxygen atoms in total. The van der Waals surface area contributed by atoms with Gasteiger partial charge in [0.15, 0.2) is 0 Å². The molecule has 0 spiro atoms. The minimum absolute atomic E-state index is 0.205. The number of unbranched alkanes of at least 4 members (excludes halogenated alkanes) is 1. The van der Waals surface area contributed by atoms with Crippen molar-refractivity contribution in [3.05, 3.63) is 23.3 Å². The number of allylic oxidation sites excluding steroid dienone is 1. The van der Waals surface area contributed by atoms with E-state index in [1.807, 2.05) is 6.92 Å². The first-order valence-corrected chi connectivity index (χ1v) is 5.66. The summed E-state index contributed by atoms with van der Waals surface area (Å²) in [7, 11) is 0. The second kappa shape index (κ2) is 7.50. The van der Waals surface area contributed by atoms with Crippen LogP contribution in [0.2, 0.25) is 0 Å². The average molecular weight is 216 g/mol. The summed E-state index contributed by atoms with van der Waals surface area (Å²) in [4.78, 5) is 11.0. The van der Waals surface area contributed by atoms with Crippen LogP contribution in [0.5, 0.6) is 0 Å². The molecule has 0 rings (SSSR count). The Morgan fingerprint density at radius 2 is 2.29 bits per heavy atom. The molecule has 0 aliphatic rings. The van der Waals surface area contributed by atoms with Crippen LogP contribution in [-0.4, -0.2) is 23.9 Å². The Hall–Kier alpha value is -0.900. The lowest BCUT2D eigenvalue weighted by atomic mass is 10.3. The van der Waals surface area contributed by atoms with E-state index in [1.165, 1.54) is 6.08 Å². The van der Waals surface area contributed by atoms with Crippen molar-refractivity contribution in [3.63, 3.8) is 0 Å². The summed E-state index contributed by atoms with van der Waals surface area (Å²) < 4.78 is 5.31. The second-order valence-electron chi connectivity index (χ2n) is 2.61. The molecule has 0 aromatic rings. The van der Waals surface area contributed by atoms with Crippen molar-refractivity contribution in [1.29, 1.82) is 0 Å². The first-order valence-electron chi connectivity index (χ1n) is 4.44. The van der Waals surface area contributed by atoms with Crippen molar-refractivity contribution in [2.75, 3.05) is 12.9 Å². The van der Waals surface area contributed by atoms with Gasteiger partial charge in [0.05, 0.1) is 6.61 Å². The van der Waals surface area contributed by atoms with Crippen molar-refractivity contribution in [1.82, 2.24) is 0 Å². The van der Waals surface area contributed by atoms with E-state index in [0.29, 0.717) is 12.4 Å². The predicted molar refractivity (Wildman–Crippen MR) is 59.2 cm³/mol. The molecule has 0 saturated carbocycles. The van der Waals surface area contributed by atoms with Crippen LogP contribution in [0.25, 0.3) is 0 Å². The maximum absolute atomic E-state index is 10.8. The molecule has 0 fully saturated rings. The van der Waals surface area contributed by atoms with E-state index in [4.69, 9.17) is 9.84 Å². The van der Waals surface area contributed by atoms with Gasteiger partial charge in [0.25, 0.3) is 0 Å². The number of thioether (sulfide) groups is 1. The van der Waals surface area contributed by atoms with E-state index < -0.39 is 5.97 Å². The monoisotopic (exact) mass is 216 g/mol. The Morgan fingerprint density at radius 1 is 1.64 bits per heavy atom. The first kappa shape index (κ1) is 13.1. The van der Waals surface area contributed by atoms with Gasteiger partial charge in [0, 0.05) is 0 Å². The number of aliphatic carboxylic acids is 1. The Balaban J connectivity index is 4.46. The van der Waals surface area contributed by atoms with Crippen molar-refractivity contribution >= 4 is 17.7 Å². The summed E-state index contributed by atoms with van der Waals surface area (Å²) in [6.45, 7) is 6.12. The van der Waals surface area contributed by atoms with Crippen LogP contribution in [0, 0.1) is 0 Å². The summed E-state index contributed by atoms with van der Waals surface area (Å²) in [5.74, 6) is -0.609. The largest absolute Gasteiger partial charge is 0.492 e. The van der Waals surface area contributed by atoms with E-state index in [-0.39, 0.29) is 4.91 Å². The molecule has 0 amide bonds. The van der Waals surface area contributed by atoms with Crippen LogP contribution >= 0.6 is 11.8 Å². The molecule has 0 bridgehead atoms. The topological polar surface area (TPSA) is 46.5 Å². The fraction of sp³-hybridized carbons (Fsp3) is 0.500. The maximum atomic E-state index is 10.8. The van der Waals surface area contributed by atoms with Crippen LogP contribution < -0.4 is 0 Å². The minimum atomic E-state index is -0.969. The highest BCUT2D eigenvalue weighted by Gasteiger charge is 2.12. The summed E-state index contributed by atoms with van der Waals surface area (Å²) in [5, 5.41) is 8.82. The minimum Gasteiger partial charge on any atom is -0.492 e. The summed E-state index contributed by atoms with van der Waals surface area (Å²) in [6.07, 6.45) is 5.08. The lowest BCUT2D eigenvalue weighted by Gasteiger charge is -2.08. The second-order valence-corrected chi connectivity index (χ2v) is 3.43. The highest BCUT2D eigenvalue weighted by molar-refractivity contribution is 8.03. The van der Waals surface area contributed by atoms with Gasteiger partial charge in [-0.15, -0.1) is 11.8 Å². The zero-order valence-corrected chi connectivity index (χ0v) is 9.39. The molecular formula is C10H16O3S. The summed E-state index contributed by atoms with van der Waals surface area (Å²) >= 11 is 1.15. The van der Waals surface area contributed by atoms with Crippen LogP contribution in [0.15, 0.2) is 23.3 Å². The molecular weight excluding hydrogens is 200 g/mol. The molecule has 0 radical (unpaired) electrons. The molecule has 0 unspecified atom stereocenters. The maximum Gasteiger partial charge on any atom is 0.345 e. The van der Waals surface area contributed by atoms with Crippen molar-refractivity contribution < 1.29 is 14.6 Å². The third kappa shape index (κ3) is 4.37. The zero-order chi connectivity index (χ0) is 11.0. The number of carboxylic acids is 1. The fourth-order valence-corrected chi connectivity index (χ4v) is 1.35. The first-order chi connectivity index (χ1) is 6.67. The third-order valence-electron chi connectivity index (χ3n) is 1.56. The lowest BCUT2D eigenvalue weighted by molar-refractivity contribution is -0.132. The summed E-state index contributed by atoms with van der Waals surface area (Å²) in [6, 6.07) is 0. The van der Waals surface area contributed by atoms with Crippen molar-refractivity contribution in [2.45, 2.75) is 19.8 Å². The van der Waals surface area contributed by atoms with Crippen molar-refractivity contribution in [2.24, 2.45) is 0 Å². The fourth-order valence-electron chi connectivity index (χ4n) is 0.837. The third-order valence-corrected chi connectivity index (χ3v) is 2.35. The Labute approximate surface area is 88.8 Å². The number of hydrogen-bond acceptors (Lipinski definition) is 3. The number of carbonyl (C=O) groups is 1. The highest BCUT2D eigenvalue weighted by Crippen LogP contribution is 2.19. The number of rotatable bonds is 7. The highest BCUT2D eigenvalue weighted by atomic mass is 32.2. The zero-order valence-electron chi connectivity index (χ0n) is 8.58. The van der Waals surface area contributed by atoms with E-state index in [0.717, 1.165) is 24.6 Å². The van der Waals surface area contributed by atoms with Gasteiger partial charge in [-0.05, 0) is 18.8 Å². The van der Waals surface area contributed by atoms with E-state index in [9.17, 15) is 4.79 Å². The number of carboxylic acid groups (broad SMARTS) is 1. The van der Waals surface area contributed by atoms with Gasteiger partial charge >= 0.3 is 5.97 Å². The number of ether oxygens (including phenoxy) is 1. The normalized spacial score (nSPS) is 11.9. The molecule has 4 heteroatoms. The van der Waals surface area contributed by atoms with Gasteiger partial charge in [0.1, 0.15) is 10.7 Å². The van der Waals surface area contributed by atoms with Crippen LogP contribution in [0.4, 0.5) is 0 Å². The molecule has 14 heavy (non-hydrogen) atoms. The molecule has 0 aromatic heterocycles. The molecule has 0 aliphatic carbocycles. The van der Waals surface area contributed by atoms with Crippen LogP contribution in [-0.2, 0) is 9.53 Å². The van der Waals surface area contributed by atoms with Crippen LogP contribution in [0.1, 0.15) is 19.8 Å². The molecule has 0 saturated heterocycles. The lowest BCUT2D eigenvalue weighted by Crippen LogP contribution is -2.03. The molecule has 0 atom stereocenters. The molecule has 0 aliphatic heterocycles. The standard InChI is InChI=1S/C10H16O3S/c1-4-6-7-13-8(5-2)9(14-3)10(11)12/h5H,2,4,6-7H2,1,3H3,(H,11,12)/b9-8+. The molecule has 0 aromatic carbocycles. The van der Waals surface area contributed by atoms with Gasteiger partial charge in [-0.1, -0.05) is 19.9 Å². The average Bonchev–Trinajstić information content (AvgIpc) is 2.16. The van der Waals surface area contributed by atoms with Gasteiger partial charge in [-0.2, -0.15) is 0 Å². The SMILES string of the molecule is C=C/C(OCCCC)=C(\SC)C(=O)O. The van der Waals surface area contributed by atoms with E-state index in [1.54, 1.807) is 6.26 Å². The quantitative estimate of drug-likeness (QED) is 0.307. The molecule has 1 N–H and O–H groups in total. The number of hydrogen-bond donors (Lipinski definition) is 1. The van der Waals surface area contributed by atoms with Gasteiger partial charge < -0.3 is 9.84 Å². The smallest absolute Gasteiger partial charge is 0.345 e. The summed E-state index contributed by atoms with van der Waals surface area (Å²) in [5.41, 5.74) is 0. The molecule has 80 valence electrons. The van der Waals surface area contributed by atoms with Gasteiger partial charge in [-0.3, -0.25) is 0 Å². The Bertz CT molecular complexity index is 234. The predicted octanol–water partition coefficient (Wildman–Crippen LogP) is 2.65. The Kier molecular flexibility index (Phi) is 7.02. The van der Waals surface area contributed by atoms with Crippen molar-refractivity contribution in [3.8, 4) is 0 Å². The van der Waals surface area contributed by atoms with Crippen LogP contribution in [0.3, 0.4) is 0 Å². The van der Waals surface area contributed by atoms with Gasteiger partial charge in [-0.25, -0.2) is 4.79 Å². The van der Waals surface area contributed by atoms with E-state index in [2.05, 4.69) is 6.58 Å².